The molecule has 0 aromatic heterocycles. The van der Waals surface area contributed by atoms with Gasteiger partial charge in [0.25, 0.3) is 0 Å². The molecule has 30 heavy (non-hydrogen) atoms. The van der Waals surface area contributed by atoms with Gasteiger partial charge in [-0.1, -0.05) is 53.5 Å². The molecule has 0 unspecified atom stereocenters. The van der Waals surface area contributed by atoms with Gasteiger partial charge in [0.2, 0.25) is 0 Å². The van der Waals surface area contributed by atoms with Gasteiger partial charge in [-0.3, -0.25) is 0 Å². The predicted octanol–water partition coefficient (Wildman–Crippen LogP) is 5.38. The van der Waals surface area contributed by atoms with Crippen molar-refractivity contribution in [2.45, 2.75) is 6.42 Å². The van der Waals surface area contributed by atoms with E-state index in [1.807, 2.05) is 30.3 Å². The van der Waals surface area contributed by atoms with Crippen LogP contribution in [0.2, 0.25) is 10.0 Å². The fourth-order valence-electron chi connectivity index (χ4n) is 2.54. The third kappa shape index (κ3) is 6.51. The van der Waals surface area contributed by atoms with E-state index in [-0.39, 0.29) is 19.0 Å². The molecule has 0 aliphatic rings. The minimum atomic E-state index is -0.612. The van der Waals surface area contributed by atoms with E-state index in [0.717, 1.165) is 5.56 Å². The van der Waals surface area contributed by atoms with Crippen molar-refractivity contribution in [2.24, 2.45) is 0 Å². The number of halogens is 2. The molecule has 3 rings (SSSR count). The summed E-state index contributed by atoms with van der Waals surface area (Å²) in [6, 6.07) is 20.5. The third-order valence-electron chi connectivity index (χ3n) is 4.03. The molecular formula is C23H18Cl2O5. The SMILES string of the molecule is O=C(COc1ccc(Cl)cc1Cl)Oc1ccc(C(=O)OCCc2ccccc2)cc1. The lowest BCUT2D eigenvalue weighted by atomic mass is 10.2. The molecule has 0 heterocycles. The van der Waals surface area contributed by atoms with Crippen LogP contribution in [0, 0.1) is 0 Å². The highest BCUT2D eigenvalue weighted by Gasteiger charge is 2.11. The van der Waals surface area contributed by atoms with Crippen molar-refractivity contribution in [2.75, 3.05) is 13.2 Å². The average Bonchev–Trinajstić information content (AvgIpc) is 2.74. The van der Waals surface area contributed by atoms with Crippen molar-refractivity contribution < 1.29 is 23.8 Å². The quantitative estimate of drug-likeness (QED) is 0.344. The zero-order chi connectivity index (χ0) is 21.3. The van der Waals surface area contributed by atoms with Crippen LogP contribution in [-0.2, 0) is 16.0 Å². The van der Waals surface area contributed by atoms with E-state index in [1.165, 1.54) is 30.3 Å². The number of hydrogen-bond donors (Lipinski definition) is 0. The van der Waals surface area contributed by atoms with Gasteiger partial charge >= 0.3 is 11.9 Å². The fraction of sp³-hybridized carbons (Fsp3) is 0.130. The van der Waals surface area contributed by atoms with E-state index in [0.29, 0.717) is 27.8 Å². The Hall–Kier alpha value is -3.02. The summed E-state index contributed by atoms with van der Waals surface area (Å²) in [5.74, 6) is -0.443. The molecule has 0 bridgehead atoms. The van der Waals surface area contributed by atoms with Crippen molar-refractivity contribution in [3.63, 3.8) is 0 Å². The molecule has 0 saturated heterocycles. The number of ether oxygens (including phenoxy) is 3. The molecule has 0 saturated carbocycles. The fourth-order valence-corrected chi connectivity index (χ4v) is 3.00. The van der Waals surface area contributed by atoms with Crippen LogP contribution in [0.25, 0.3) is 0 Å². The van der Waals surface area contributed by atoms with E-state index in [1.54, 1.807) is 12.1 Å². The van der Waals surface area contributed by atoms with Crippen molar-refractivity contribution in [1.82, 2.24) is 0 Å². The van der Waals surface area contributed by atoms with Crippen LogP contribution < -0.4 is 9.47 Å². The first kappa shape index (κ1) is 21.7. The number of carbonyl (C=O) groups is 2. The molecule has 0 aliphatic carbocycles. The lowest BCUT2D eigenvalue weighted by Gasteiger charge is -2.09. The van der Waals surface area contributed by atoms with Crippen LogP contribution in [0.15, 0.2) is 72.8 Å². The lowest BCUT2D eigenvalue weighted by molar-refractivity contribution is -0.136. The van der Waals surface area contributed by atoms with E-state index in [4.69, 9.17) is 37.4 Å². The third-order valence-corrected chi connectivity index (χ3v) is 4.56. The maximum Gasteiger partial charge on any atom is 0.349 e. The summed E-state index contributed by atoms with van der Waals surface area (Å²) < 4.78 is 15.8. The lowest BCUT2D eigenvalue weighted by Crippen LogP contribution is -2.18. The monoisotopic (exact) mass is 444 g/mol. The van der Waals surface area contributed by atoms with Crippen LogP contribution in [-0.4, -0.2) is 25.2 Å². The first-order chi connectivity index (χ1) is 14.5. The molecule has 154 valence electrons. The van der Waals surface area contributed by atoms with Crippen LogP contribution in [0.4, 0.5) is 0 Å². The summed E-state index contributed by atoms with van der Waals surface area (Å²) in [7, 11) is 0. The first-order valence-electron chi connectivity index (χ1n) is 9.11. The molecule has 0 N–H and O–H groups in total. The maximum atomic E-state index is 12.1. The van der Waals surface area contributed by atoms with Crippen LogP contribution in [0.5, 0.6) is 11.5 Å². The molecular weight excluding hydrogens is 427 g/mol. The van der Waals surface area contributed by atoms with Gasteiger partial charge in [0, 0.05) is 11.4 Å². The molecule has 5 nitrogen and oxygen atoms in total. The zero-order valence-corrected chi connectivity index (χ0v) is 17.4. The van der Waals surface area contributed by atoms with E-state index >= 15 is 0 Å². The Kier molecular flexibility index (Phi) is 7.71. The standard InChI is InChI=1S/C23H18Cl2O5/c24-18-8-11-21(20(25)14-18)29-15-22(26)30-19-9-6-17(7-10-19)23(27)28-13-12-16-4-2-1-3-5-16/h1-11,14H,12-13,15H2. The van der Waals surface area contributed by atoms with Crippen molar-refractivity contribution >= 4 is 35.1 Å². The number of benzene rings is 3. The minimum Gasteiger partial charge on any atom is -0.480 e. The Morgan fingerprint density at radius 3 is 2.30 bits per heavy atom. The summed E-state index contributed by atoms with van der Waals surface area (Å²) in [4.78, 5) is 24.1. The zero-order valence-electron chi connectivity index (χ0n) is 15.8. The predicted molar refractivity (Wildman–Crippen MR) is 114 cm³/mol. The van der Waals surface area contributed by atoms with Gasteiger partial charge < -0.3 is 14.2 Å². The summed E-state index contributed by atoms with van der Waals surface area (Å²) in [6.45, 7) is -0.0468. The van der Waals surface area contributed by atoms with Crippen molar-refractivity contribution in [3.8, 4) is 11.5 Å². The van der Waals surface area contributed by atoms with Gasteiger partial charge in [0.05, 0.1) is 17.2 Å². The molecule has 0 spiro atoms. The summed E-state index contributed by atoms with van der Waals surface area (Å²) >= 11 is 11.8. The second kappa shape index (κ2) is 10.7. The van der Waals surface area contributed by atoms with Gasteiger partial charge in [-0.15, -0.1) is 0 Å². The van der Waals surface area contributed by atoms with Crippen LogP contribution >= 0.6 is 23.2 Å². The number of hydrogen-bond acceptors (Lipinski definition) is 5. The number of esters is 2. The molecule has 0 aliphatic heterocycles. The summed E-state index contributed by atoms with van der Waals surface area (Å²) in [6.07, 6.45) is 0.639. The topological polar surface area (TPSA) is 61.8 Å². The summed E-state index contributed by atoms with van der Waals surface area (Å²) in [5, 5.41) is 0.763. The molecule has 0 fully saturated rings. The highest BCUT2D eigenvalue weighted by atomic mass is 35.5. The number of carbonyl (C=O) groups excluding carboxylic acids is 2. The second-order valence-electron chi connectivity index (χ2n) is 6.23. The Labute approximate surface area is 184 Å². The highest BCUT2D eigenvalue weighted by molar-refractivity contribution is 6.35. The van der Waals surface area contributed by atoms with Gasteiger partial charge in [0.15, 0.2) is 6.61 Å². The molecule has 0 radical (unpaired) electrons. The smallest absolute Gasteiger partial charge is 0.349 e. The Balaban J connectivity index is 1.45. The van der Waals surface area contributed by atoms with Crippen molar-refractivity contribution in [1.29, 1.82) is 0 Å². The van der Waals surface area contributed by atoms with Gasteiger partial charge in [0.1, 0.15) is 11.5 Å². The highest BCUT2D eigenvalue weighted by Crippen LogP contribution is 2.27. The number of rotatable bonds is 8. The van der Waals surface area contributed by atoms with E-state index in [9.17, 15) is 9.59 Å². The molecule has 3 aromatic carbocycles. The molecule has 0 amide bonds. The normalized spacial score (nSPS) is 10.3. The Bertz CT molecular complexity index is 1000. The Morgan fingerprint density at radius 2 is 1.60 bits per heavy atom. The maximum absolute atomic E-state index is 12.1. The molecule has 3 aromatic rings. The van der Waals surface area contributed by atoms with Gasteiger partial charge in [-0.05, 0) is 48.0 Å². The molecule has 0 atom stereocenters. The molecule has 7 heteroatoms. The van der Waals surface area contributed by atoms with Crippen LogP contribution in [0.3, 0.4) is 0 Å². The van der Waals surface area contributed by atoms with E-state index < -0.39 is 11.9 Å². The average molecular weight is 445 g/mol. The minimum absolute atomic E-state index is 0.282. The summed E-state index contributed by atoms with van der Waals surface area (Å²) in [5.41, 5.74) is 1.46. The van der Waals surface area contributed by atoms with Gasteiger partial charge in [-0.2, -0.15) is 0 Å². The first-order valence-corrected chi connectivity index (χ1v) is 9.86. The Morgan fingerprint density at radius 1 is 0.867 bits per heavy atom. The largest absolute Gasteiger partial charge is 0.480 e. The van der Waals surface area contributed by atoms with E-state index in [2.05, 4.69) is 0 Å². The second-order valence-corrected chi connectivity index (χ2v) is 7.08. The van der Waals surface area contributed by atoms with Gasteiger partial charge in [-0.25, -0.2) is 9.59 Å². The van der Waals surface area contributed by atoms with Crippen molar-refractivity contribution in [3.05, 3.63) is 94.0 Å². The van der Waals surface area contributed by atoms with Crippen LogP contribution in [0.1, 0.15) is 15.9 Å².